The number of benzene rings is 3. The molecule has 0 radical (unpaired) electrons. The maximum atomic E-state index is 13.5. The van der Waals surface area contributed by atoms with E-state index in [1.54, 1.807) is 30.3 Å². The van der Waals surface area contributed by atoms with Crippen LogP contribution in [0.25, 0.3) is 11.1 Å². The van der Waals surface area contributed by atoms with E-state index in [4.69, 9.17) is 0 Å². The van der Waals surface area contributed by atoms with Crippen molar-refractivity contribution in [3.8, 4) is 22.6 Å². The first-order valence-corrected chi connectivity index (χ1v) is 10.2. The zero-order valence-electron chi connectivity index (χ0n) is 17.4. The van der Waals surface area contributed by atoms with Crippen LogP contribution in [0.3, 0.4) is 0 Å². The molecule has 0 fully saturated rings. The van der Waals surface area contributed by atoms with Gasteiger partial charge in [0.15, 0.2) is 0 Å². The molecular weight excluding hydrogens is 467 g/mol. The molecule has 1 aliphatic heterocycles. The zero-order valence-corrected chi connectivity index (χ0v) is 17.4. The Morgan fingerprint density at radius 2 is 1.59 bits per heavy atom. The minimum atomic E-state index is -4.82. The van der Waals surface area contributed by atoms with E-state index in [9.17, 15) is 30.7 Å². The Kier molecular flexibility index (Phi) is 6.33. The number of para-hydroxylation sites is 1. The smallest absolute Gasteiger partial charge is 0.428 e. The molecule has 1 atom stereocenters. The quantitative estimate of drug-likeness (QED) is 0.365. The van der Waals surface area contributed by atoms with Gasteiger partial charge in [-0.15, -0.1) is 13.2 Å². The molecule has 1 heterocycles. The summed E-state index contributed by atoms with van der Waals surface area (Å²) >= 11 is 0. The van der Waals surface area contributed by atoms with Crippen molar-refractivity contribution in [1.29, 1.82) is 0 Å². The lowest BCUT2D eigenvalue weighted by atomic mass is 9.88. The van der Waals surface area contributed by atoms with E-state index in [1.807, 2.05) is 0 Å². The van der Waals surface area contributed by atoms with Gasteiger partial charge in [0, 0.05) is 11.3 Å². The second kappa shape index (κ2) is 9.08. The molecule has 1 N–H and O–H groups in total. The first-order valence-electron chi connectivity index (χ1n) is 10.2. The molecule has 4 rings (SSSR count). The fourth-order valence-electron chi connectivity index (χ4n) is 3.96. The SMILES string of the molecule is FC(F)C(F)(F)Oc1ccccc1C1CCc2c(cccc2-c2cccc(OC(F)(F)F)c2)N1. The molecule has 180 valence electrons. The predicted molar refractivity (Wildman–Crippen MR) is 111 cm³/mol. The van der Waals surface area contributed by atoms with Gasteiger partial charge in [0.25, 0.3) is 0 Å². The highest BCUT2D eigenvalue weighted by molar-refractivity contribution is 5.76. The number of halogens is 7. The summed E-state index contributed by atoms with van der Waals surface area (Å²) in [5.41, 5.74) is 2.95. The van der Waals surface area contributed by atoms with Crippen molar-refractivity contribution in [3.05, 3.63) is 77.9 Å². The summed E-state index contributed by atoms with van der Waals surface area (Å²) in [7, 11) is 0. The predicted octanol–water partition coefficient (Wildman–Crippen LogP) is 7.59. The average Bonchev–Trinajstić information content (AvgIpc) is 2.77. The number of fused-ring (bicyclic) bond motifs is 1. The molecule has 0 aliphatic carbocycles. The van der Waals surface area contributed by atoms with Gasteiger partial charge in [-0.3, -0.25) is 0 Å². The Morgan fingerprint density at radius 1 is 0.853 bits per heavy atom. The van der Waals surface area contributed by atoms with Crippen molar-refractivity contribution >= 4 is 5.69 Å². The lowest BCUT2D eigenvalue weighted by molar-refractivity contribution is -0.274. The monoisotopic (exact) mass is 485 g/mol. The van der Waals surface area contributed by atoms with Gasteiger partial charge in [0.2, 0.25) is 0 Å². The van der Waals surface area contributed by atoms with Gasteiger partial charge in [0.05, 0.1) is 6.04 Å². The van der Waals surface area contributed by atoms with Gasteiger partial charge in [-0.05, 0) is 53.8 Å². The van der Waals surface area contributed by atoms with Gasteiger partial charge in [-0.2, -0.15) is 17.6 Å². The van der Waals surface area contributed by atoms with Crippen LogP contribution in [0.2, 0.25) is 0 Å². The molecule has 34 heavy (non-hydrogen) atoms. The molecule has 0 aromatic heterocycles. The lowest BCUT2D eigenvalue weighted by Gasteiger charge is -2.30. The Morgan fingerprint density at radius 3 is 2.32 bits per heavy atom. The lowest BCUT2D eigenvalue weighted by Crippen LogP contribution is -2.34. The molecule has 10 heteroatoms. The molecule has 3 aromatic rings. The molecule has 3 aromatic carbocycles. The second-order valence-electron chi connectivity index (χ2n) is 7.65. The maximum Gasteiger partial charge on any atom is 0.573 e. The Labute approximate surface area is 190 Å². The summed E-state index contributed by atoms with van der Waals surface area (Å²) in [6.07, 6.45) is -12.6. The number of anilines is 1. The van der Waals surface area contributed by atoms with E-state index in [2.05, 4.69) is 14.8 Å². The number of nitrogens with one attached hydrogen (secondary N) is 1. The van der Waals surface area contributed by atoms with Crippen LogP contribution in [0.15, 0.2) is 66.7 Å². The van der Waals surface area contributed by atoms with E-state index >= 15 is 0 Å². The molecule has 3 nitrogen and oxygen atoms in total. The van der Waals surface area contributed by atoms with Gasteiger partial charge >= 0.3 is 18.9 Å². The summed E-state index contributed by atoms with van der Waals surface area (Å²) in [5, 5.41) is 3.21. The van der Waals surface area contributed by atoms with E-state index in [0.717, 1.165) is 5.56 Å². The van der Waals surface area contributed by atoms with Crippen LogP contribution >= 0.6 is 0 Å². The summed E-state index contributed by atoms with van der Waals surface area (Å²) in [6.45, 7) is 0. The van der Waals surface area contributed by atoms with E-state index in [0.29, 0.717) is 35.2 Å². The number of rotatable bonds is 6. The fourth-order valence-corrected chi connectivity index (χ4v) is 3.96. The van der Waals surface area contributed by atoms with E-state index < -0.39 is 24.9 Å². The van der Waals surface area contributed by atoms with Crippen LogP contribution in [0.5, 0.6) is 11.5 Å². The highest BCUT2D eigenvalue weighted by atomic mass is 19.4. The normalized spacial score (nSPS) is 16.1. The molecule has 1 aliphatic rings. The number of hydrogen-bond acceptors (Lipinski definition) is 3. The van der Waals surface area contributed by atoms with Crippen LogP contribution in [0, 0.1) is 0 Å². The van der Waals surface area contributed by atoms with Crippen molar-refractivity contribution < 1.29 is 40.2 Å². The maximum absolute atomic E-state index is 13.5. The van der Waals surface area contributed by atoms with E-state index in [1.165, 1.54) is 36.4 Å². The number of hydrogen-bond donors (Lipinski definition) is 1. The van der Waals surface area contributed by atoms with Crippen molar-refractivity contribution in [2.75, 3.05) is 5.32 Å². The number of ether oxygens (including phenoxy) is 2. The highest BCUT2D eigenvalue weighted by Gasteiger charge is 2.44. The third-order valence-electron chi connectivity index (χ3n) is 5.36. The third-order valence-corrected chi connectivity index (χ3v) is 5.36. The Balaban J connectivity index is 1.62. The van der Waals surface area contributed by atoms with Crippen molar-refractivity contribution in [1.82, 2.24) is 0 Å². The molecule has 0 spiro atoms. The molecule has 0 amide bonds. The summed E-state index contributed by atoms with van der Waals surface area (Å²) < 4.78 is 98.5. The van der Waals surface area contributed by atoms with Crippen molar-refractivity contribution in [2.45, 2.75) is 37.8 Å². The molecule has 0 saturated carbocycles. The van der Waals surface area contributed by atoms with Gasteiger partial charge in [0.1, 0.15) is 11.5 Å². The summed E-state index contributed by atoms with van der Waals surface area (Å²) in [5.74, 6) is -0.711. The number of alkyl halides is 7. The van der Waals surface area contributed by atoms with Crippen molar-refractivity contribution in [3.63, 3.8) is 0 Å². The molecule has 0 bridgehead atoms. The minimum absolute atomic E-state index is 0.291. The van der Waals surface area contributed by atoms with Crippen LogP contribution in [0.4, 0.5) is 36.4 Å². The molecular formula is C24H18F7NO2. The first kappa shape index (κ1) is 23.7. The first-order chi connectivity index (χ1) is 16.0. The summed E-state index contributed by atoms with van der Waals surface area (Å²) in [4.78, 5) is 0. The largest absolute Gasteiger partial charge is 0.573 e. The average molecular weight is 485 g/mol. The molecule has 1 unspecified atom stereocenters. The standard InChI is InChI=1S/C24H18F7NO2/c25-22(26)23(27,28)34-21-10-2-1-7-18(21)20-12-11-17-16(8-4-9-19(17)32-20)14-5-3-6-15(13-14)33-24(29,30)31/h1-10,13,20,22,32H,11-12H2. The van der Waals surface area contributed by atoms with Crippen LogP contribution in [-0.4, -0.2) is 18.9 Å². The van der Waals surface area contributed by atoms with E-state index in [-0.39, 0.29) is 11.5 Å². The van der Waals surface area contributed by atoms with Gasteiger partial charge in [-0.25, -0.2) is 0 Å². The molecule has 0 saturated heterocycles. The van der Waals surface area contributed by atoms with Gasteiger partial charge in [-0.1, -0.05) is 42.5 Å². The van der Waals surface area contributed by atoms with Gasteiger partial charge < -0.3 is 14.8 Å². The van der Waals surface area contributed by atoms with Crippen LogP contribution in [-0.2, 0) is 6.42 Å². The topological polar surface area (TPSA) is 30.5 Å². The zero-order chi connectivity index (χ0) is 24.5. The van der Waals surface area contributed by atoms with Crippen LogP contribution < -0.4 is 14.8 Å². The second-order valence-corrected chi connectivity index (χ2v) is 7.65. The highest BCUT2D eigenvalue weighted by Crippen LogP contribution is 2.42. The third kappa shape index (κ3) is 5.21. The minimum Gasteiger partial charge on any atom is -0.428 e. The van der Waals surface area contributed by atoms with Crippen molar-refractivity contribution in [2.24, 2.45) is 0 Å². The Bertz CT molecular complexity index is 1160. The Hall–Kier alpha value is -3.43. The fraction of sp³-hybridized carbons (Fsp3) is 0.250. The summed E-state index contributed by atoms with van der Waals surface area (Å²) in [6, 6.07) is 16.0. The van der Waals surface area contributed by atoms with Crippen LogP contribution in [0.1, 0.15) is 23.6 Å².